The van der Waals surface area contributed by atoms with E-state index in [1.165, 1.54) is 6.08 Å². The summed E-state index contributed by atoms with van der Waals surface area (Å²) in [5.41, 5.74) is 0. The van der Waals surface area contributed by atoms with Gasteiger partial charge in [-0.05, 0) is 19.4 Å². The molecule has 0 N–H and O–H groups in total. The molecule has 0 saturated carbocycles. The molecule has 0 aromatic rings. The molecule has 0 spiro atoms. The molecular formula is C7H10F2. The lowest BCUT2D eigenvalue weighted by Gasteiger charge is -1.83. The Morgan fingerprint density at radius 3 is 2.44 bits per heavy atom. The van der Waals surface area contributed by atoms with Crippen LogP contribution in [-0.4, -0.2) is 6.43 Å². The van der Waals surface area contributed by atoms with Gasteiger partial charge in [0.2, 0.25) is 0 Å². The lowest BCUT2D eigenvalue weighted by Crippen LogP contribution is -1.78. The summed E-state index contributed by atoms with van der Waals surface area (Å²) in [5.74, 6) is 0. The Labute approximate surface area is 53.9 Å². The molecule has 0 atom stereocenters. The second-order valence-corrected chi connectivity index (χ2v) is 1.57. The van der Waals surface area contributed by atoms with Crippen LogP contribution in [0.25, 0.3) is 0 Å². The van der Waals surface area contributed by atoms with Gasteiger partial charge in [-0.25, -0.2) is 8.78 Å². The molecule has 0 nitrogen and oxygen atoms in total. The van der Waals surface area contributed by atoms with Gasteiger partial charge in [0.15, 0.2) is 0 Å². The fourth-order valence-electron chi connectivity index (χ4n) is 0.396. The van der Waals surface area contributed by atoms with Crippen LogP contribution >= 0.6 is 0 Å². The van der Waals surface area contributed by atoms with Gasteiger partial charge in [0.05, 0.1) is 0 Å². The van der Waals surface area contributed by atoms with Gasteiger partial charge in [-0.1, -0.05) is 18.2 Å². The molecule has 0 fully saturated rings. The zero-order valence-corrected chi connectivity index (χ0v) is 5.35. The Morgan fingerprint density at radius 1 is 1.33 bits per heavy atom. The molecule has 9 heavy (non-hydrogen) atoms. The quantitative estimate of drug-likeness (QED) is 0.518. The van der Waals surface area contributed by atoms with Gasteiger partial charge in [0, 0.05) is 0 Å². The lowest BCUT2D eigenvalue weighted by molar-refractivity contribution is 0.204. The average molecular weight is 132 g/mol. The highest BCUT2D eigenvalue weighted by molar-refractivity contribution is 4.92. The molecule has 0 unspecified atom stereocenters. The van der Waals surface area contributed by atoms with Gasteiger partial charge >= 0.3 is 0 Å². The van der Waals surface area contributed by atoms with Crippen molar-refractivity contribution in [2.75, 3.05) is 0 Å². The van der Waals surface area contributed by atoms with Crippen molar-refractivity contribution in [3.8, 4) is 0 Å². The molecule has 0 heterocycles. The van der Waals surface area contributed by atoms with E-state index >= 15 is 0 Å². The first kappa shape index (κ1) is 8.34. The van der Waals surface area contributed by atoms with Gasteiger partial charge in [0.1, 0.15) is 0 Å². The van der Waals surface area contributed by atoms with Crippen molar-refractivity contribution in [3.05, 3.63) is 24.3 Å². The van der Waals surface area contributed by atoms with Crippen molar-refractivity contribution >= 4 is 0 Å². The van der Waals surface area contributed by atoms with Crippen LogP contribution in [0.1, 0.15) is 13.3 Å². The van der Waals surface area contributed by atoms with Crippen molar-refractivity contribution in [2.24, 2.45) is 0 Å². The van der Waals surface area contributed by atoms with Crippen molar-refractivity contribution in [3.63, 3.8) is 0 Å². The molecule has 0 aliphatic rings. The van der Waals surface area contributed by atoms with Gasteiger partial charge in [-0.2, -0.15) is 0 Å². The van der Waals surface area contributed by atoms with Gasteiger partial charge in [0.25, 0.3) is 6.43 Å². The lowest BCUT2D eigenvalue weighted by atomic mass is 10.3. The van der Waals surface area contributed by atoms with E-state index in [0.29, 0.717) is 6.42 Å². The van der Waals surface area contributed by atoms with E-state index in [9.17, 15) is 8.78 Å². The van der Waals surface area contributed by atoms with Crippen LogP contribution < -0.4 is 0 Å². The molecule has 2 heteroatoms. The number of hydrogen-bond acceptors (Lipinski definition) is 0. The molecule has 0 aliphatic heterocycles. The Bertz CT molecular complexity index is 103. The first-order chi connectivity index (χ1) is 4.27. The van der Waals surface area contributed by atoms with E-state index in [1.54, 1.807) is 0 Å². The van der Waals surface area contributed by atoms with Gasteiger partial charge in [-0.3, -0.25) is 0 Å². The van der Waals surface area contributed by atoms with Crippen LogP contribution in [0.3, 0.4) is 0 Å². The van der Waals surface area contributed by atoms with Crippen LogP contribution in [0.15, 0.2) is 24.3 Å². The summed E-state index contributed by atoms with van der Waals surface area (Å²) in [6.45, 7) is 1.86. The van der Waals surface area contributed by atoms with Crippen molar-refractivity contribution in [1.29, 1.82) is 0 Å². The number of hydrogen-bond donors (Lipinski definition) is 0. The van der Waals surface area contributed by atoms with E-state index in [0.717, 1.165) is 6.08 Å². The monoisotopic (exact) mass is 132 g/mol. The minimum absolute atomic E-state index is 0.598. The maximum Gasteiger partial charge on any atom is 0.257 e. The molecular weight excluding hydrogens is 122 g/mol. The van der Waals surface area contributed by atoms with E-state index in [1.807, 2.05) is 19.1 Å². The molecule has 0 radical (unpaired) electrons. The Balaban J connectivity index is 3.25. The molecule has 0 aromatic heterocycles. The average Bonchev–Trinajstić information content (AvgIpc) is 1.80. The van der Waals surface area contributed by atoms with Gasteiger partial charge in [-0.15, -0.1) is 0 Å². The molecule has 0 amide bonds. The summed E-state index contributed by atoms with van der Waals surface area (Å²) >= 11 is 0. The minimum Gasteiger partial charge on any atom is -0.206 e. The SMILES string of the molecule is CC=CCC=CC(F)F. The molecule has 0 bridgehead atoms. The summed E-state index contributed by atoms with van der Waals surface area (Å²) in [6, 6.07) is 0. The maximum absolute atomic E-state index is 11.4. The third kappa shape index (κ3) is 7.34. The fraction of sp³-hybridized carbons (Fsp3) is 0.429. The van der Waals surface area contributed by atoms with E-state index in [4.69, 9.17) is 0 Å². The number of allylic oxidation sites excluding steroid dienone is 4. The van der Waals surface area contributed by atoms with E-state index in [-0.39, 0.29) is 0 Å². The predicted molar refractivity (Wildman–Crippen MR) is 34.6 cm³/mol. The third-order valence-electron chi connectivity index (χ3n) is 0.789. The highest BCUT2D eigenvalue weighted by Gasteiger charge is 1.89. The minimum atomic E-state index is -2.31. The Kier molecular flexibility index (Phi) is 5.07. The highest BCUT2D eigenvalue weighted by atomic mass is 19.3. The Morgan fingerprint density at radius 2 is 2.00 bits per heavy atom. The molecule has 0 aliphatic carbocycles. The number of rotatable bonds is 3. The largest absolute Gasteiger partial charge is 0.257 e. The summed E-state index contributed by atoms with van der Waals surface area (Å²) in [6.07, 6.45) is 4.27. The highest BCUT2D eigenvalue weighted by Crippen LogP contribution is 1.95. The first-order valence-corrected chi connectivity index (χ1v) is 2.83. The molecule has 0 saturated heterocycles. The van der Waals surface area contributed by atoms with Crippen molar-refractivity contribution in [2.45, 2.75) is 19.8 Å². The summed E-state index contributed by atoms with van der Waals surface area (Å²) in [4.78, 5) is 0. The van der Waals surface area contributed by atoms with Crippen LogP contribution in [0.4, 0.5) is 8.78 Å². The predicted octanol–water partition coefficient (Wildman–Crippen LogP) is 2.77. The zero-order valence-electron chi connectivity index (χ0n) is 5.35. The second-order valence-electron chi connectivity index (χ2n) is 1.57. The number of halogens is 2. The molecule has 0 rings (SSSR count). The van der Waals surface area contributed by atoms with Crippen LogP contribution in [0.5, 0.6) is 0 Å². The molecule has 0 aromatic carbocycles. The smallest absolute Gasteiger partial charge is 0.206 e. The maximum atomic E-state index is 11.4. The van der Waals surface area contributed by atoms with Crippen LogP contribution in [0.2, 0.25) is 0 Å². The normalized spacial score (nSPS) is 12.4. The second kappa shape index (κ2) is 5.48. The van der Waals surface area contributed by atoms with Crippen LogP contribution in [0, 0.1) is 0 Å². The zero-order chi connectivity index (χ0) is 7.11. The standard InChI is InChI=1S/C7H10F2/c1-2-3-4-5-6-7(8)9/h2-3,5-7H,4H2,1H3. The first-order valence-electron chi connectivity index (χ1n) is 2.83. The summed E-state index contributed by atoms with van der Waals surface area (Å²) in [5, 5.41) is 0. The van der Waals surface area contributed by atoms with E-state index < -0.39 is 6.43 Å². The fourth-order valence-corrected chi connectivity index (χ4v) is 0.396. The van der Waals surface area contributed by atoms with Crippen LogP contribution in [-0.2, 0) is 0 Å². The van der Waals surface area contributed by atoms with Crippen molar-refractivity contribution in [1.82, 2.24) is 0 Å². The van der Waals surface area contributed by atoms with E-state index in [2.05, 4.69) is 0 Å². The molecule has 52 valence electrons. The summed E-state index contributed by atoms with van der Waals surface area (Å²) in [7, 11) is 0. The number of alkyl halides is 2. The summed E-state index contributed by atoms with van der Waals surface area (Å²) < 4.78 is 22.7. The topological polar surface area (TPSA) is 0 Å². The Hall–Kier alpha value is -0.660. The third-order valence-corrected chi connectivity index (χ3v) is 0.789. The van der Waals surface area contributed by atoms with Crippen molar-refractivity contribution < 1.29 is 8.78 Å². The van der Waals surface area contributed by atoms with Gasteiger partial charge < -0.3 is 0 Å².